The minimum atomic E-state index is -0.946. The van der Waals surface area contributed by atoms with Gasteiger partial charge in [-0.3, -0.25) is 81.9 Å². The molecule has 3 fully saturated rings. The Morgan fingerprint density at radius 3 is 1.19 bits per heavy atom. The van der Waals surface area contributed by atoms with E-state index in [0.29, 0.717) is 57.8 Å². The first-order valence-electron chi connectivity index (χ1n) is 35.6. The average Bonchev–Trinajstić information content (AvgIpc) is 0.930. The number of anilines is 6. The predicted molar refractivity (Wildman–Crippen MR) is 411 cm³/mol. The second-order valence-electron chi connectivity index (χ2n) is 27.5. The predicted octanol–water partition coefficient (Wildman–Crippen LogP) is 9.24. The Labute approximate surface area is 637 Å². The Morgan fingerprint density at radius 1 is 0.463 bits per heavy atom. The van der Waals surface area contributed by atoms with E-state index < -0.39 is 35.9 Å². The number of likely N-dealkylation sites (tertiary alicyclic amines) is 3. The molecule has 0 saturated carbocycles. The molecule has 3 aromatic carbocycles. The number of aryl methyl sites for hydroxylation is 4. The molecule has 3 aliphatic rings. The third-order valence-electron chi connectivity index (χ3n) is 20.1. The van der Waals surface area contributed by atoms with Gasteiger partial charge in [0.2, 0.25) is 35.4 Å². The minimum Gasteiger partial charge on any atom is -0.384 e. The van der Waals surface area contributed by atoms with E-state index in [1.54, 1.807) is 141 Å². The molecule has 6 N–H and O–H groups in total. The van der Waals surface area contributed by atoms with Crippen LogP contribution in [0.2, 0.25) is 10.0 Å². The van der Waals surface area contributed by atoms with E-state index in [0.717, 1.165) is 60.2 Å². The molecule has 27 nitrogen and oxygen atoms in total. The largest absolute Gasteiger partial charge is 0.384 e. The van der Waals surface area contributed by atoms with E-state index in [4.69, 9.17) is 40.4 Å². The Kier molecular flexibility index (Phi) is 25.5. The molecular formula is C79H90Cl2N18O9. The SMILES string of the molecule is CC[C@@H](CC(=O)N1C(=O)[C@H](Cc2cc(C)nc(N)c2)[C@H]1C(=O)N(C)c1ccn(C)n1)c1cccc(Cl)c1.CC[C@@H](CC(=O)N1C(=O)[C@H](Cc2ccnc(N)c2)[C@H]1C(=O)N(C)c1ccn(C)n1)c1cccc(Cl)c1.CC[C@@H](CC(=O)N1C(=O)[C@H](Cc2ccnc(N)c2)[C@H]1C(=O)N(C)c1cn(C)cn1)c1ccccc1. The monoisotopic (exact) mass is 1500 g/mol. The van der Waals surface area contributed by atoms with E-state index in [9.17, 15) is 43.2 Å². The topological polar surface area (TPSA) is 343 Å². The molecule has 0 aliphatic carbocycles. The van der Waals surface area contributed by atoms with Crippen LogP contribution in [0.1, 0.15) is 116 Å². The Bertz CT molecular complexity index is 4770. The van der Waals surface area contributed by atoms with Crippen LogP contribution in [0, 0.1) is 24.7 Å². The molecule has 9 aromatic rings. The Balaban J connectivity index is 0.000000173. The van der Waals surface area contributed by atoms with E-state index in [1.165, 1.54) is 14.7 Å². The van der Waals surface area contributed by atoms with Crippen LogP contribution in [0.3, 0.4) is 0 Å². The molecule has 9 atom stereocenters. The number of rotatable bonds is 24. The first-order chi connectivity index (χ1) is 51.6. The van der Waals surface area contributed by atoms with Crippen molar-refractivity contribution in [3.05, 3.63) is 214 Å². The van der Waals surface area contributed by atoms with Gasteiger partial charge in [0.05, 0.1) is 24.1 Å². The maximum Gasteiger partial charge on any atom is 0.252 e. The van der Waals surface area contributed by atoms with Gasteiger partial charge in [0.1, 0.15) is 35.6 Å². The third-order valence-corrected chi connectivity index (χ3v) is 20.5. The lowest BCUT2D eigenvalue weighted by molar-refractivity contribution is -0.171. The summed E-state index contributed by atoms with van der Waals surface area (Å²) in [7, 11) is 10.1. The summed E-state index contributed by atoms with van der Waals surface area (Å²) >= 11 is 12.3. The number of hydrogen-bond acceptors (Lipinski definition) is 18. The lowest BCUT2D eigenvalue weighted by atomic mass is 9.80. The molecule has 0 unspecified atom stereocenters. The van der Waals surface area contributed by atoms with Crippen LogP contribution in [0.15, 0.2) is 165 Å². The normalized spacial score (nSPS) is 18.0. The van der Waals surface area contributed by atoms with Crippen molar-refractivity contribution in [1.82, 2.24) is 58.8 Å². The van der Waals surface area contributed by atoms with Crippen LogP contribution in [0.4, 0.5) is 34.9 Å². The van der Waals surface area contributed by atoms with E-state index >= 15 is 0 Å². The fraction of sp³-hybridized carbons (Fsp3) is 0.354. The van der Waals surface area contributed by atoms with Crippen LogP contribution < -0.4 is 31.9 Å². The summed E-state index contributed by atoms with van der Waals surface area (Å²) in [5, 5.41) is 9.75. The van der Waals surface area contributed by atoms with Gasteiger partial charge in [0, 0.05) is 120 Å². The summed E-state index contributed by atoms with van der Waals surface area (Å²) in [6, 6.07) is 35.5. The second kappa shape index (κ2) is 34.9. The van der Waals surface area contributed by atoms with Gasteiger partial charge in [-0.1, -0.05) is 98.6 Å². The summed E-state index contributed by atoms with van der Waals surface area (Å²) in [5.41, 5.74) is 23.5. The molecule has 9 heterocycles. The van der Waals surface area contributed by atoms with Gasteiger partial charge in [-0.05, 0) is 157 Å². The zero-order valence-corrected chi connectivity index (χ0v) is 63.5. The van der Waals surface area contributed by atoms with Crippen molar-refractivity contribution in [1.29, 1.82) is 0 Å². The van der Waals surface area contributed by atoms with E-state index in [-0.39, 0.29) is 109 Å². The standard InChI is InChI=1S/C27H31ClN6O3.C26H29ClN6O3.C26H30N6O3/c1-5-18(19-7-6-8-20(28)14-19)15-24(35)34-25(27(37)33(4)23-9-10-32(3)31-23)21(26(34)36)12-17-11-16(2)30-22(29)13-17;1-4-17(18-6-5-7-19(27)14-18)15-23(34)33-24(26(36)32(3)22-9-11-31(2)30-22)20(25(33)35)12-16-8-10-29-21(28)13-16;1-4-18(19-8-6-5-7-9-19)14-23(33)32-24(26(35)31(3)22-15-30(2)16-29-22)20(25(32)34)12-17-10-11-28-21(27)13-17/h6-11,13-14,18,21,25H,5,12,15H2,1-4H3,(H2,29,30);5-11,13-14,17,20,24H,4,12,15H2,1-3H3,(H2,28,29);5-11,13,15-16,18,20,24H,4,12,14H2,1-3H3,(H2,27,28)/t18-,21+,25-;17-,20+,24-;18-,20+,24-/m000/s1. The molecule has 6 aromatic heterocycles. The highest BCUT2D eigenvalue weighted by molar-refractivity contribution is 6.31. The van der Waals surface area contributed by atoms with E-state index in [1.807, 2.05) is 108 Å². The second-order valence-corrected chi connectivity index (χ2v) is 28.4. The van der Waals surface area contributed by atoms with Crippen molar-refractivity contribution >= 4 is 111 Å². The Morgan fingerprint density at radius 2 is 0.843 bits per heavy atom. The van der Waals surface area contributed by atoms with E-state index in [2.05, 4.69) is 30.1 Å². The molecule has 12 rings (SSSR count). The number of nitrogen functional groups attached to an aromatic ring is 3. The molecule has 0 radical (unpaired) electrons. The maximum atomic E-state index is 13.7. The van der Waals surface area contributed by atoms with Gasteiger partial charge >= 0.3 is 0 Å². The Hall–Kier alpha value is -11.5. The third kappa shape index (κ3) is 18.1. The highest BCUT2D eigenvalue weighted by Crippen LogP contribution is 2.40. The van der Waals surface area contributed by atoms with Gasteiger partial charge in [0.15, 0.2) is 17.5 Å². The molecule has 9 amide bonds. The summed E-state index contributed by atoms with van der Waals surface area (Å²) in [6.45, 7) is 7.78. The molecule has 564 valence electrons. The molecule has 0 spiro atoms. The summed E-state index contributed by atoms with van der Waals surface area (Å²) < 4.78 is 4.91. The molecule has 3 aliphatic heterocycles. The molecule has 29 heteroatoms. The number of hydrogen-bond donors (Lipinski definition) is 3. The number of carbonyl (C=O) groups excluding carboxylic acids is 9. The van der Waals surface area contributed by atoms with Crippen LogP contribution in [-0.4, -0.2) is 151 Å². The van der Waals surface area contributed by atoms with Crippen molar-refractivity contribution in [2.45, 2.75) is 121 Å². The van der Waals surface area contributed by atoms with Crippen molar-refractivity contribution in [2.75, 3.05) is 53.0 Å². The number of nitrogens with two attached hydrogens (primary N) is 3. The number of imidazole rings is 1. The maximum absolute atomic E-state index is 13.7. The lowest BCUT2D eigenvalue weighted by Gasteiger charge is -2.46. The van der Waals surface area contributed by atoms with Crippen LogP contribution >= 0.6 is 23.2 Å². The van der Waals surface area contributed by atoms with Gasteiger partial charge < -0.3 is 21.8 Å². The van der Waals surface area contributed by atoms with Crippen molar-refractivity contribution in [3.63, 3.8) is 0 Å². The summed E-state index contributed by atoms with van der Waals surface area (Å²) in [6.07, 6.45) is 13.2. The number of amides is 9. The van der Waals surface area contributed by atoms with Crippen molar-refractivity contribution < 1.29 is 43.2 Å². The molecular weight excluding hydrogens is 1420 g/mol. The lowest BCUT2D eigenvalue weighted by Crippen LogP contribution is -2.69. The van der Waals surface area contributed by atoms with Crippen molar-refractivity contribution in [3.8, 4) is 0 Å². The minimum absolute atomic E-state index is 0.0418. The summed E-state index contributed by atoms with van der Waals surface area (Å²) in [5.74, 6) is -3.33. The first-order valence-corrected chi connectivity index (χ1v) is 36.4. The van der Waals surface area contributed by atoms with Gasteiger partial charge in [-0.15, -0.1) is 0 Å². The fourth-order valence-corrected chi connectivity index (χ4v) is 14.5. The average molecular weight is 1510 g/mol. The fourth-order valence-electron chi connectivity index (χ4n) is 14.2. The number of nitrogens with zero attached hydrogens (tertiary/aromatic N) is 15. The molecule has 3 saturated heterocycles. The molecule has 0 bridgehead atoms. The highest BCUT2D eigenvalue weighted by Gasteiger charge is 2.58. The zero-order chi connectivity index (χ0) is 77.9. The van der Waals surface area contributed by atoms with Crippen LogP contribution in [0.25, 0.3) is 0 Å². The number of β-lactam (4-membered cyclic amide) rings is 3. The zero-order valence-electron chi connectivity index (χ0n) is 62.0. The number of halogens is 2. The van der Waals surface area contributed by atoms with Crippen molar-refractivity contribution in [2.24, 2.45) is 38.9 Å². The quantitative estimate of drug-likeness (QED) is 0.0474. The molecule has 108 heavy (non-hydrogen) atoms. The van der Waals surface area contributed by atoms with Crippen LogP contribution in [0.5, 0.6) is 0 Å². The van der Waals surface area contributed by atoms with Crippen LogP contribution in [-0.2, 0) is 83.6 Å². The van der Waals surface area contributed by atoms with Gasteiger partial charge in [0.25, 0.3) is 17.7 Å². The smallest absolute Gasteiger partial charge is 0.252 e. The van der Waals surface area contributed by atoms with Gasteiger partial charge in [-0.25, -0.2) is 19.9 Å². The first kappa shape index (κ1) is 79.1. The number of aromatic nitrogens is 9. The van der Waals surface area contributed by atoms with Gasteiger partial charge in [-0.2, -0.15) is 10.2 Å². The number of benzene rings is 3. The summed E-state index contributed by atoms with van der Waals surface area (Å²) in [4.78, 5) is 145. The number of imide groups is 3. The number of carbonyl (C=O) groups is 9. The highest BCUT2D eigenvalue weighted by atomic mass is 35.5. The number of likely N-dealkylation sites (N-methyl/N-ethyl adjacent to an activating group) is 3. The number of pyridine rings is 3.